The SMILES string of the molecule is Cc1nc(-n2nc(C3CC3)cc2NC(=O)c2ccco2)[nH]c(=O)c1C. The van der Waals surface area contributed by atoms with E-state index in [2.05, 4.69) is 20.4 Å². The number of aryl methyl sites for hydroxylation is 1. The fourth-order valence-electron chi connectivity index (χ4n) is 2.54. The van der Waals surface area contributed by atoms with E-state index in [1.165, 1.54) is 10.9 Å². The van der Waals surface area contributed by atoms with Crippen molar-refractivity contribution in [3.8, 4) is 5.95 Å². The summed E-state index contributed by atoms with van der Waals surface area (Å²) in [6.45, 7) is 3.48. The second kappa shape index (κ2) is 5.73. The highest BCUT2D eigenvalue weighted by Crippen LogP contribution is 2.40. The number of amides is 1. The Morgan fingerprint density at radius 1 is 1.40 bits per heavy atom. The molecular weight excluding hydrogens is 322 g/mol. The first-order chi connectivity index (χ1) is 12.0. The molecule has 4 rings (SSSR count). The average molecular weight is 339 g/mol. The monoisotopic (exact) mass is 339 g/mol. The molecule has 0 radical (unpaired) electrons. The molecule has 3 aromatic heterocycles. The van der Waals surface area contributed by atoms with E-state index in [1.54, 1.807) is 26.0 Å². The van der Waals surface area contributed by atoms with E-state index in [9.17, 15) is 9.59 Å². The standard InChI is InChI=1S/C17H17N5O3/c1-9-10(2)18-17(20-15(9)23)22-14(8-12(21-22)11-5-6-11)19-16(24)13-4-3-7-25-13/h3-4,7-8,11H,5-6H2,1-2H3,(H,19,24)(H,18,20,23). The van der Waals surface area contributed by atoms with Crippen molar-refractivity contribution in [1.82, 2.24) is 19.7 Å². The van der Waals surface area contributed by atoms with Gasteiger partial charge in [0, 0.05) is 23.2 Å². The first kappa shape index (κ1) is 15.4. The van der Waals surface area contributed by atoms with Gasteiger partial charge >= 0.3 is 0 Å². The van der Waals surface area contributed by atoms with E-state index in [0.29, 0.717) is 23.0 Å². The van der Waals surface area contributed by atoms with Crippen molar-refractivity contribution >= 4 is 11.7 Å². The topological polar surface area (TPSA) is 106 Å². The molecule has 25 heavy (non-hydrogen) atoms. The van der Waals surface area contributed by atoms with Crippen LogP contribution in [0.5, 0.6) is 0 Å². The van der Waals surface area contributed by atoms with Gasteiger partial charge in [-0.2, -0.15) is 9.78 Å². The Bertz CT molecular complexity index is 996. The van der Waals surface area contributed by atoms with E-state index in [1.807, 2.05) is 6.07 Å². The third-order valence-corrected chi connectivity index (χ3v) is 4.29. The smallest absolute Gasteiger partial charge is 0.292 e. The summed E-state index contributed by atoms with van der Waals surface area (Å²) in [4.78, 5) is 31.5. The Hall–Kier alpha value is -3.16. The summed E-state index contributed by atoms with van der Waals surface area (Å²) in [5.41, 5.74) is 1.81. The van der Waals surface area contributed by atoms with Gasteiger partial charge in [0.1, 0.15) is 5.82 Å². The van der Waals surface area contributed by atoms with Crippen LogP contribution in [0.4, 0.5) is 5.82 Å². The first-order valence-electron chi connectivity index (χ1n) is 8.05. The quantitative estimate of drug-likeness (QED) is 0.758. The van der Waals surface area contributed by atoms with Gasteiger partial charge in [0.2, 0.25) is 5.95 Å². The molecule has 0 saturated heterocycles. The molecule has 0 bridgehead atoms. The zero-order valence-electron chi connectivity index (χ0n) is 13.9. The maximum absolute atomic E-state index is 12.3. The van der Waals surface area contributed by atoms with Gasteiger partial charge in [-0.05, 0) is 38.8 Å². The highest BCUT2D eigenvalue weighted by molar-refractivity contribution is 6.01. The Morgan fingerprint density at radius 2 is 2.20 bits per heavy atom. The maximum atomic E-state index is 12.3. The molecule has 1 aliphatic carbocycles. The van der Waals surface area contributed by atoms with Gasteiger partial charge in [-0.15, -0.1) is 0 Å². The number of rotatable bonds is 4. The maximum Gasteiger partial charge on any atom is 0.292 e. The van der Waals surface area contributed by atoms with Crippen molar-refractivity contribution < 1.29 is 9.21 Å². The highest BCUT2D eigenvalue weighted by Gasteiger charge is 2.28. The zero-order chi connectivity index (χ0) is 17.6. The van der Waals surface area contributed by atoms with Crippen molar-refractivity contribution in [1.29, 1.82) is 0 Å². The minimum Gasteiger partial charge on any atom is -0.459 e. The third kappa shape index (κ3) is 2.86. The molecule has 1 saturated carbocycles. The third-order valence-electron chi connectivity index (χ3n) is 4.29. The van der Waals surface area contributed by atoms with Crippen LogP contribution in [-0.2, 0) is 0 Å². The van der Waals surface area contributed by atoms with Crippen LogP contribution in [0.15, 0.2) is 33.7 Å². The number of hydrogen-bond acceptors (Lipinski definition) is 5. The van der Waals surface area contributed by atoms with Crippen LogP contribution in [0.25, 0.3) is 5.95 Å². The molecule has 0 aromatic carbocycles. The number of nitrogens with zero attached hydrogens (tertiary/aromatic N) is 3. The van der Waals surface area contributed by atoms with Gasteiger partial charge in [0.15, 0.2) is 5.76 Å². The van der Waals surface area contributed by atoms with Crippen LogP contribution in [0.1, 0.15) is 46.3 Å². The van der Waals surface area contributed by atoms with Gasteiger partial charge < -0.3 is 9.73 Å². The Balaban J connectivity index is 1.76. The molecular formula is C17H17N5O3. The van der Waals surface area contributed by atoms with Gasteiger partial charge in [-0.3, -0.25) is 14.6 Å². The normalized spacial score (nSPS) is 13.8. The molecule has 3 aromatic rings. The minimum absolute atomic E-state index is 0.197. The van der Waals surface area contributed by atoms with Crippen LogP contribution in [0.2, 0.25) is 0 Å². The van der Waals surface area contributed by atoms with E-state index in [-0.39, 0.29) is 23.2 Å². The molecule has 0 unspecified atom stereocenters. The summed E-state index contributed by atoms with van der Waals surface area (Å²) in [5, 5.41) is 7.30. The molecule has 0 atom stereocenters. The van der Waals surface area contributed by atoms with Gasteiger partial charge in [-0.25, -0.2) is 4.98 Å². The fourth-order valence-corrected chi connectivity index (χ4v) is 2.54. The Morgan fingerprint density at radius 3 is 2.84 bits per heavy atom. The van der Waals surface area contributed by atoms with Crippen molar-refractivity contribution in [2.45, 2.75) is 32.6 Å². The summed E-state index contributed by atoms with van der Waals surface area (Å²) in [6.07, 6.45) is 3.57. The lowest BCUT2D eigenvalue weighted by molar-refractivity contribution is 0.0996. The van der Waals surface area contributed by atoms with Crippen molar-refractivity contribution in [3.05, 3.63) is 57.5 Å². The van der Waals surface area contributed by atoms with Crippen LogP contribution in [0, 0.1) is 13.8 Å². The number of hydrogen-bond donors (Lipinski definition) is 2. The van der Waals surface area contributed by atoms with Crippen molar-refractivity contribution in [2.24, 2.45) is 0 Å². The Labute approximate surface area is 142 Å². The summed E-state index contributed by atoms with van der Waals surface area (Å²) in [5.74, 6) is 0.908. The summed E-state index contributed by atoms with van der Waals surface area (Å²) >= 11 is 0. The van der Waals surface area contributed by atoms with Crippen molar-refractivity contribution in [3.63, 3.8) is 0 Å². The Kier molecular flexibility index (Phi) is 3.52. The van der Waals surface area contributed by atoms with Gasteiger partial charge in [0.25, 0.3) is 11.5 Å². The number of carbonyl (C=O) groups excluding carboxylic acids is 1. The second-order valence-electron chi connectivity index (χ2n) is 6.17. The lowest BCUT2D eigenvalue weighted by Gasteiger charge is -2.08. The zero-order valence-corrected chi connectivity index (χ0v) is 13.9. The molecule has 0 spiro atoms. The molecule has 0 aliphatic heterocycles. The molecule has 1 fully saturated rings. The molecule has 128 valence electrons. The van der Waals surface area contributed by atoms with E-state index < -0.39 is 0 Å². The summed E-state index contributed by atoms with van der Waals surface area (Å²) in [6, 6.07) is 5.03. The fraction of sp³-hybridized carbons (Fsp3) is 0.294. The number of nitrogens with one attached hydrogen (secondary N) is 2. The largest absolute Gasteiger partial charge is 0.459 e. The number of aromatic amines is 1. The van der Waals surface area contributed by atoms with Gasteiger partial charge in [0.05, 0.1) is 12.0 Å². The predicted molar refractivity (Wildman–Crippen MR) is 90.1 cm³/mol. The van der Waals surface area contributed by atoms with E-state index >= 15 is 0 Å². The number of H-pyrrole nitrogens is 1. The highest BCUT2D eigenvalue weighted by atomic mass is 16.3. The van der Waals surface area contributed by atoms with E-state index in [4.69, 9.17) is 4.42 Å². The summed E-state index contributed by atoms with van der Waals surface area (Å²) in [7, 11) is 0. The van der Waals surface area contributed by atoms with Crippen molar-refractivity contribution in [2.75, 3.05) is 5.32 Å². The molecule has 8 nitrogen and oxygen atoms in total. The van der Waals surface area contributed by atoms with Crippen LogP contribution in [-0.4, -0.2) is 25.7 Å². The molecule has 8 heteroatoms. The minimum atomic E-state index is -0.389. The molecule has 1 amide bonds. The number of furan rings is 1. The lowest BCUT2D eigenvalue weighted by Crippen LogP contribution is -2.20. The molecule has 3 heterocycles. The molecule has 1 aliphatic rings. The van der Waals surface area contributed by atoms with Crippen LogP contribution < -0.4 is 10.9 Å². The van der Waals surface area contributed by atoms with E-state index in [0.717, 1.165) is 18.5 Å². The first-order valence-corrected chi connectivity index (χ1v) is 8.05. The number of carbonyl (C=O) groups is 1. The van der Waals surface area contributed by atoms with Gasteiger partial charge in [-0.1, -0.05) is 0 Å². The number of anilines is 1. The summed E-state index contributed by atoms with van der Waals surface area (Å²) < 4.78 is 6.58. The lowest BCUT2D eigenvalue weighted by atomic mass is 10.3. The molecule has 2 N–H and O–H groups in total. The average Bonchev–Trinajstić information content (AvgIpc) is 3.12. The van der Waals surface area contributed by atoms with Crippen LogP contribution in [0.3, 0.4) is 0 Å². The second-order valence-corrected chi connectivity index (χ2v) is 6.17. The number of aromatic nitrogens is 4. The van der Waals surface area contributed by atoms with Crippen LogP contribution >= 0.6 is 0 Å². The predicted octanol–water partition coefficient (Wildman–Crippen LogP) is 2.30.